The summed E-state index contributed by atoms with van der Waals surface area (Å²) in [4.78, 5) is 19.7. The lowest BCUT2D eigenvalue weighted by Crippen LogP contribution is -2.40. The molecule has 0 aromatic carbocycles. The zero-order valence-corrected chi connectivity index (χ0v) is 13.9. The number of imidazole rings is 1. The van der Waals surface area contributed by atoms with Gasteiger partial charge in [0.05, 0.1) is 18.1 Å². The number of nitrogens with one attached hydrogen (secondary N) is 1. The molecule has 8 heteroatoms. The minimum absolute atomic E-state index is 0.298. The van der Waals surface area contributed by atoms with E-state index in [2.05, 4.69) is 36.2 Å². The minimum Gasteiger partial charge on any atom is -0.355 e. The number of anilines is 2. The van der Waals surface area contributed by atoms with Crippen LogP contribution in [0.3, 0.4) is 0 Å². The fourth-order valence-corrected chi connectivity index (χ4v) is 3.14. The third-order valence-electron chi connectivity index (χ3n) is 4.52. The molecule has 8 nitrogen and oxygen atoms in total. The summed E-state index contributed by atoms with van der Waals surface area (Å²) in [5, 5.41) is 12.6. The van der Waals surface area contributed by atoms with Gasteiger partial charge in [-0.3, -0.25) is 0 Å². The average Bonchev–Trinajstić information content (AvgIpc) is 3.03. The summed E-state index contributed by atoms with van der Waals surface area (Å²) in [5.74, 6) is 1.38. The van der Waals surface area contributed by atoms with Gasteiger partial charge in [-0.15, -0.1) is 0 Å². The molecule has 25 heavy (non-hydrogen) atoms. The number of hydrogen-bond donors (Lipinski definition) is 1. The van der Waals surface area contributed by atoms with E-state index in [9.17, 15) is 5.26 Å². The highest BCUT2D eigenvalue weighted by Gasteiger charge is 2.22. The van der Waals surface area contributed by atoms with Crippen LogP contribution >= 0.6 is 0 Å². The highest BCUT2D eigenvalue weighted by Crippen LogP contribution is 2.22. The normalized spacial score (nSPS) is 15.3. The van der Waals surface area contributed by atoms with E-state index in [1.807, 2.05) is 17.7 Å². The van der Waals surface area contributed by atoms with E-state index < -0.39 is 0 Å². The Hall–Kier alpha value is -3.21. The van der Waals surface area contributed by atoms with Crippen LogP contribution in [-0.2, 0) is 7.05 Å². The van der Waals surface area contributed by atoms with E-state index in [-0.39, 0.29) is 0 Å². The monoisotopic (exact) mass is 334 g/mol. The number of pyridine rings is 1. The van der Waals surface area contributed by atoms with Crippen molar-refractivity contribution in [2.45, 2.75) is 18.9 Å². The zero-order valence-electron chi connectivity index (χ0n) is 13.9. The lowest BCUT2D eigenvalue weighted by molar-refractivity contribution is 0.521. The number of rotatable bonds is 3. The molecule has 0 bridgehead atoms. The van der Waals surface area contributed by atoms with Gasteiger partial charge in [0, 0.05) is 32.4 Å². The van der Waals surface area contributed by atoms with Gasteiger partial charge in [-0.1, -0.05) is 0 Å². The Morgan fingerprint density at radius 1 is 1.24 bits per heavy atom. The maximum atomic E-state index is 9.23. The standard InChI is InChI=1S/C17H18N8/c1-24-11-21-15-14(24)10-20-17(23-15)22-13-4-7-25(8-5-13)16-12(9-18)3-2-6-19-16/h2-3,6,10-11,13H,4-5,7-8H2,1H3,(H,20,22,23). The molecule has 0 spiro atoms. The first-order valence-electron chi connectivity index (χ1n) is 8.25. The van der Waals surface area contributed by atoms with Gasteiger partial charge in [0.1, 0.15) is 17.4 Å². The Balaban J connectivity index is 1.42. The van der Waals surface area contributed by atoms with E-state index in [1.165, 1.54) is 0 Å². The van der Waals surface area contributed by atoms with Gasteiger partial charge in [-0.05, 0) is 25.0 Å². The third-order valence-corrected chi connectivity index (χ3v) is 4.52. The van der Waals surface area contributed by atoms with Crippen LogP contribution in [0.2, 0.25) is 0 Å². The Morgan fingerprint density at radius 2 is 2.08 bits per heavy atom. The van der Waals surface area contributed by atoms with Gasteiger partial charge < -0.3 is 14.8 Å². The van der Waals surface area contributed by atoms with Crippen molar-refractivity contribution in [3.63, 3.8) is 0 Å². The molecule has 1 aliphatic heterocycles. The van der Waals surface area contributed by atoms with Gasteiger partial charge in [0.2, 0.25) is 5.95 Å². The predicted molar refractivity (Wildman–Crippen MR) is 94.1 cm³/mol. The molecule has 3 aromatic heterocycles. The van der Waals surface area contributed by atoms with Crippen LogP contribution < -0.4 is 10.2 Å². The maximum absolute atomic E-state index is 9.23. The quantitative estimate of drug-likeness (QED) is 0.779. The van der Waals surface area contributed by atoms with Crippen molar-refractivity contribution in [1.82, 2.24) is 24.5 Å². The van der Waals surface area contributed by atoms with Crippen molar-refractivity contribution in [2.24, 2.45) is 7.05 Å². The molecule has 4 rings (SSSR count). The highest BCUT2D eigenvalue weighted by atomic mass is 15.2. The van der Waals surface area contributed by atoms with Crippen molar-refractivity contribution < 1.29 is 0 Å². The molecule has 0 saturated carbocycles. The van der Waals surface area contributed by atoms with E-state index in [0.29, 0.717) is 23.2 Å². The Bertz CT molecular complexity index is 933. The molecule has 0 radical (unpaired) electrons. The molecule has 0 unspecified atom stereocenters. The molecule has 1 N–H and O–H groups in total. The van der Waals surface area contributed by atoms with E-state index in [1.54, 1.807) is 24.8 Å². The van der Waals surface area contributed by atoms with Crippen LogP contribution in [0.5, 0.6) is 0 Å². The van der Waals surface area contributed by atoms with Gasteiger partial charge in [0.15, 0.2) is 5.65 Å². The van der Waals surface area contributed by atoms with E-state index in [4.69, 9.17) is 0 Å². The smallest absolute Gasteiger partial charge is 0.225 e. The van der Waals surface area contributed by atoms with Crippen LogP contribution in [0.1, 0.15) is 18.4 Å². The third kappa shape index (κ3) is 2.96. The van der Waals surface area contributed by atoms with Crippen LogP contribution in [0, 0.1) is 11.3 Å². The van der Waals surface area contributed by atoms with E-state index >= 15 is 0 Å². The molecule has 1 aliphatic rings. The first-order chi connectivity index (χ1) is 12.2. The first-order valence-corrected chi connectivity index (χ1v) is 8.25. The number of aryl methyl sites for hydroxylation is 1. The van der Waals surface area contributed by atoms with Crippen molar-refractivity contribution in [2.75, 3.05) is 23.3 Å². The van der Waals surface area contributed by atoms with Crippen molar-refractivity contribution in [1.29, 1.82) is 5.26 Å². The van der Waals surface area contributed by atoms with E-state index in [0.717, 1.165) is 37.3 Å². The van der Waals surface area contributed by atoms with Crippen molar-refractivity contribution in [3.8, 4) is 6.07 Å². The number of fused-ring (bicyclic) bond motifs is 1. The number of aromatic nitrogens is 5. The fourth-order valence-electron chi connectivity index (χ4n) is 3.14. The van der Waals surface area contributed by atoms with Gasteiger partial charge >= 0.3 is 0 Å². The minimum atomic E-state index is 0.298. The molecule has 1 fully saturated rings. The second kappa shape index (κ2) is 6.36. The Morgan fingerprint density at radius 3 is 2.88 bits per heavy atom. The summed E-state index contributed by atoms with van der Waals surface area (Å²) in [6, 6.07) is 6.11. The molecule has 0 amide bonds. The molecule has 1 saturated heterocycles. The summed E-state index contributed by atoms with van der Waals surface area (Å²) >= 11 is 0. The van der Waals surface area contributed by atoms with Gasteiger partial charge in [0.25, 0.3) is 0 Å². The largest absolute Gasteiger partial charge is 0.355 e. The number of piperidine rings is 1. The Labute approximate surface area is 145 Å². The number of hydrogen-bond acceptors (Lipinski definition) is 7. The lowest BCUT2D eigenvalue weighted by Gasteiger charge is -2.33. The summed E-state index contributed by atoms with van der Waals surface area (Å²) in [5.41, 5.74) is 2.24. The Kier molecular flexibility index (Phi) is 3.90. The second-order valence-electron chi connectivity index (χ2n) is 6.15. The average molecular weight is 334 g/mol. The summed E-state index contributed by atoms with van der Waals surface area (Å²) < 4.78 is 1.90. The van der Waals surface area contributed by atoms with Crippen LogP contribution in [0.4, 0.5) is 11.8 Å². The van der Waals surface area contributed by atoms with Crippen LogP contribution in [0.15, 0.2) is 30.9 Å². The molecule has 0 atom stereocenters. The lowest BCUT2D eigenvalue weighted by atomic mass is 10.0. The predicted octanol–water partition coefficient (Wildman–Crippen LogP) is 1.71. The summed E-state index contributed by atoms with van der Waals surface area (Å²) in [6.07, 6.45) is 7.13. The number of nitriles is 1. The van der Waals surface area contributed by atoms with Gasteiger partial charge in [-0.2, -0.15) is 10.2 Å². The fraction of sp³-hybridized carbons (Fsp3) is 0.353. The van der Waals surface area contributed by atoms with Crippen LogP contribution in [0.25, 0.3) is 11.2 Å². The molecular formula is C17H18N8. The SMILES string of the molecule is Cn1cnc2nc(NC3CCN(c4ncccc4C#N)CC3)ncc21. The topological polar surface area (TPSA) is 95.5 Å². The highest BCUT2D eigenvalue weighted by molar-refractivity contribution is 5.70. The van der Waals surface area contributed by atoms with Crippen molar-refractivity contribution >= 4 is 22.9 Å². The molecular weight excluding hydrogens is 316 g/mol. The first kappa shape index (κ1) is 15.3. The summed E-state index contributed by atoms with van der Waals surface area (Å²) in [7, 11) is 1.93. The molecule has 4 heterocycles. The maximum Gasteiger partial charge on any atom is 0.225 e. The molecule has 3 aromatic rings. The number of nitrogens with zero attached hydrogens (tertiary/aromatic N) is 7. The molecule has 126 valence electrons. The molecule has 0 aliphatic carbocycles. The van der Waals surface area contributed by atoms with Crippen LogP contribution in [-0.4, -0.2) is 43.6 Å². The van der Waals surface area contributed by atoms with Crippen molar-refractivity contribution in [3.05, 3.63) is 36.4 Å². The zero-order chi connectivity index (χ0) is 17.2. The summed E-state index contributed by atoms with van der Waals surface area (Å²) in [6.45, 7) is 1.68. The van der Waals surface area contributed by atoms with Gasteiger partial charge in [-0.25, -0.2) is 15.0 Å². The second-order valence-corrected chi connectivity index (χ2v) is 6.15.